The van der Waals surface area contributed by atoms with Gasteiger partial charge in [0.2, 0.25) is 5.91 Å². The maximum absolute atomic E-state index is 14.0. The highest BCUT2D eigenvalue weighted by atomic mass is 19.1. The van der Waals surface area contributed by atoms with E-state index >= 15 is 0 Å². The number of hydrogen-bond acceptors (Lipinski definition) is 3. The molecule has 0 aromatic heterocycles. The molecule has 0 aliphatic carbocycles. The van der Waals surface area contributed by atoms with E-state index in [-0.39, 0.29) is 17.6 Å². The van der Waals surface area contributed by atoms with Gasteiger partial charge >= 0.3 is 0 Å². The number of carbonyl (C=O) groups excluding carboxylic acids is 1. The monoisotopic (exact) mass is 395 g/mol. The quantitative estimate of drug-likeness (QED) is 0.489. The van der Waals surface area contributed by atoms with Gasteiger partial charge in [-0.05, 0) is 46.2 Å². The Morgan fingerprint density at radius 2 is 1.86 bits per heavy atom. The van der Waals surface area contributed by atoms with Crippen molar-refractivity contribution in [3.05, 3.63) is 29.8 Å². The van der Waals surface area contributed by atoms with Gasteiger partial charge in [-0.15, -0.1) is 0 Å². The predicted octanol–water partition coefficient (Wildman–Crippen LogP) is 2.26. The van der Waals surface area contributed by atoms with Gasteiger partial charge in [0.15, 0.2) is 5.96 Å². The van der Waals surface area contributed by atoms with E-state index in [1.807, 2.05) is 27.7 Å². The van der Waals surface area contributed by atoms with E-state index in [2.05, 4.69) is 20.9 Å². The number of carbonyl (C=O) groups is 1. The van der Waals surface area contributed by atoms with Gasteiger partial charge in [0.25, 0.3) is 0 Å². The van der Waals surface area contributed by atoms with Crippen LogP contribution < -0.4 is 20.9 Å². The lowest BCUT2D eigenvalue weighted by Crippen LogP contribution is -2.46. The van der Waals surface area contributed by atoms with Crippen molar-refractivity contribution in [2.75, 3.05) is 37.6 Å². The van der Waals surface area contributed by atoms with Crippen molar-refractivity contribution in [3.63, 3.8) is 0 Å². The SMILES string of the molecule is CCNC(=O)C(C)(C)CN=C(NCC)NC1CCN(c2c(F)cccc2F)C1. The molecule has 6 nitrogen and oxygen atoms in total. The number of para-hydroxylation sites is 1. The van der Waals surface area contributed by atoms with Crippen LogP contribution in [0.1, 0.15) is 34.1 Å². The molecule has 0 radical (unpaired) electrons. The molecule has 0 saturated carbocycles. The Kier molecular flexibility index (Phi) is 7.60. The molecular formula is C20H31F2N5O. The molecule has 2 rings (SSSR count). The van der Waals surface area contributed by atoms with Crippen LogP contribution in [0.2, 0.25) is 0 Å². The van der Waals surface area contributed by atoms with Crippen LogP contribution in [0.15, 0.2) is 23.2 Å². The molecule has 3 N–H and O–H groups in total. The van der Waals surface area contributed by atoms with Crippen molar-refractivity contribution in [1.29, 1.82) is 0 Å². The minimum atomic E-state index is -0.629. The van der Waals surface area contributed by atoms with Crippen LogP contribution in [0.3, 0.4) is 0 Å². The van der Waals surface area contributed by atoms with Gasteiger partial charge in [0, 0.05) is 32.2 Å². The lowest BCUT2D eigenvalue weighted by Gasteiger charge is -2.23. The number of anilines is 1. The van der Waals surface area contributed by atoms with Crippen molar-refractivity contribution in [2.45, 2.75) is 40.2 Å². The molecule has 8 heteroatoms. The second kappa shape index (κ2) is 9.71. The van der Waals surface area contributed by atoms with E-state index < -0.39 is 17.0 Å². The highest BCUT2D eigenvalue weighted by Crippen LogP contribution is 2.26. The Labute approximate surface area is 165 Å². The summed E-state index contributed by atoms with van der Waals surface area (Å²) < 4.78 is 28.1. The van der Waals surface area contributed by atoms with Gasteiger partial charge in [0.05, 0.1) is 12.0 Å². The van der Waals surface area contributed by atoms with Crippen LogP contribution in [-0.2, 0) is 4.79 Å². The van der Waals surface area contributed by atoms with Gasteiger partial charge in [-0.2, -0.15) is 0 Å². The summed E-state index contributed by atoms with van der Waals surface area (Å²) in [7, 11) is 0. The van der Waals surface area contributed by atoms with Crippen LogP contribution >= 0.6 is 0 Å². The Morgan fingerprint density at radius 1 is 1.21 bits per heavy atom. The maximum atomic E-state index is 14.0. The van der Waals surface area contributed by atoms with Crippen molar-refractivity contribution < 1.29 is 13.6 Å². The van der Waals surface area contributed by atoms with E-state index in [4.69, 9.17) is 0 Å². The third-order valence-corrected chi connectivity index (χ3v) is 4.71. The van der Waals surface area contributed by atoms with Crippen LogP contribution in [0, 0.1) is 17.0 Å². The second-order valence-corrected chi connectivity index (χ2v) is 7.58. The number of nitrogens with one attached hydrogen (secondary N) is 3. The van der Waals surface area contributed by atoms with Crippen LogP contribution in [0.25, 0.3) is 0 Å². The van der Waals surface area contributed by atoms with Crippen LogP contribution in [0.5, 0.6) is 0 Å². The third kappa shape index (κ3) is 5.56. The molecule has 1 atom stereocenters. The summed E-state index contributed by atoms with van der Waals surface area (Å²) >= 11 is 0. The van der Waals surface area contributed by atoms with E-state index in [9.17, 15) is 13.6 Å². The summed E-state index contributed by atoms with van der Waals surface area (Å²) in [6.07, 6.45) is 0.734. The van der Waals surface area contributed by atoms with Gasteiger partial charge in [-0.1, -0.05) is 6.07 Å². The molecule has 1 fully saturated rings. The summed E-state index contributed by atoms with van der Waals surface area (Å²) in [5.74, 6) is -0.549. The van der Waals surface area contributed by atoms with E-state index in [1.54, 1.807) is 4.90 Å². The standard InChI is InChI=1S/C20H31F2N5O/c1-5-23-18(28)20(3,4)13-25-19(24-6-2)26-14-10-11-27(12-14)17-15(21)8-7-9-16(17)22/h7-9,14H,5-6,10-13H2,1-4H3,(H,23,28)(H2,24,25,26). The average Bonchev–Trinajstić information content (AvgIpc) is 3.08. The normalized spacial score (nSPS) is 17.6. The third-order valence-electron chi connectivity index (χ3n) is 4.71. The Morgan fingerprint density at radius 3 is 2.46 bits per heavy atom. The molecule has 1 saturated heterocycles. The summed E-state index contributed by atoms with van der Waals surface area (Å²) in [5.41, 5.74) is -0.609. The molecule has 0 spiro atoms. The molecule has 0 bridgehead atoms. The number of rotatable bonds is 7. The van der Waals surface area contributed by atoms with E-state index in [0.717, 1.165) is 6.42 Å². The summed E-state index contributed by atoms with van der Waals surface area (Å²) in [4.78, 5) is 18.4. The molecule has 1 aliphatic rings. The molecule has 1 aliphatic heterocycles. The van der Waals surface area contributed by atoms with Gasteiger partial charge in [-0.3, -0.25) is 9.79 Å². The number of nitrogens with zero attached hydrogens (tertiary/aromatic N) is 2. The number of amides is 1. The Hall–Kier alpha value is -2.38. The van der Waals surface area contributed by atoms with Crippen molar-refractivity contribution in [2.24, 2.45) is 10.4 Å². The molecule has 28 heavy (non-hydrogen) atoms. The summed E-state index contributed by atoms with van der Waals surface area (Å²) in [6, 6.07) is 3.92. The van der Waals surface area contributed by atoms with Crippen molar-refractivity contribution in [1.82, 2.24) is 16.0 Å². The number of benzene rings is 1. The minimum absolute atomic E-state index is 0.00406. The zero-order chi connectivity index (χ0) is 20.7. The van der Waals surface area contributed by atoms with Crippen molar-refractivity contribution >= 4 is 17.6 Å². The lowest BCUT2D eigenvalue weighted by molar-refractivity contribution is -0.128. The van der Waals surface area contributed by atoms with E-state index in [1.165, 1.54) is 18.2 Å². The van der Waals surface area contributed by atoms with Crippen LogP contribution in [0.4, 0.5) is 14.5 Å². The minimum Gasteiger partial charge on any atom is -0.365 e. The molecule has 1 heterocycles. The lowest BCUT2D eigenvalue weighted by atomic mass is 9.92. The Bertz CT molecular complexity index is 688. The zero-order valence-electron chi connectivity index (χ0n) is 17.1. The van der Waals surface area contributed by atoms with Crippen molar-refractivity contribution in [3.8, 4) is 0 Å². The molecular weight excluding hydrogens is 364 g/mol. The average molecular weight is 395 g/mol. The zero-order valence-corrected chi connectivity index (χ0v) is 17.1. The number of halogens is 2. The van der Waals surface area contributed by atoms with Gasteiger partial charge in [0.1, 0.15) is 17.3 Å². The highest BCUT2D eigenvalue weighted by Gasteiger charge is 2.29. The highest BCUT2D eigenvalue weighted by molar-refractivity contribution is 5.84. The fourth-order valence-electron chi connectivity index (χ4n) is 3.13. The molecule has 156 valence electrons. The van der Waals surface area contributed by atoms with Crippen LogP contribution in [-0.4, -0.2) is 50.6 Å². The first kappa shape index (κ1) is 21.9. The number of hydrogen-bond donors (Lipinski definition) is 3. The smallest absolute Gasteiger partial charge is 0.227 e. The number of guanidine groups is 1. The first-order valence-corrected chi connectivity index (χ1v) is 9.80. The first-order chi connectivity index (χ1) is 13.3. The maximum Gasteiger partial charge on any atom is 0.227 e. The first-order valence-electron chi connectivity index (χ1n) is 9.80. The predicted molar refractivity (Wildman–Crippen MR) is 109 cm³/mol. The topological polar surface area (TPSA) is 68.8 Å². The second-order valence-electron chi connectivity index (χ2n) is 7.58. The van der Waals surface area contributed by atoms with Gasteiger partial charge < -0.3 is 20.9 Å². The fraction of sp³-hybridized carbons (Fsp3) is 0.600. The number of aliphatic imine (C=N–C) groups is 1. The Balaban J connectivity index is 2.02. The molecule has 1 amide bonds. The van der Waals surface area contributed by atoms with E-state index in [0.29, 0.717) is 38.7 Å². The summed E-state index contributed by atoms with van der Waals surface area (Å²) in [5, 5.41) is 9.31. The molecule has 1 aromatic carbocycles. The summed E-state index contributed by atoms with van der Waals surface area (Å²) in [6.45, 7) is 10.1. The fourth-order valence-corrected chi connectivity index (χ4v) is 3.13. The van der Waals surface area contributed by atoms with Gasteiger partial charge in [-0.25, -0.2) is 8.78 Å². The largest absolute Gasteiger partial charge is 0.365 e. The molecule has 1 unspecified atom stereocenters. The molecule has 1 aromatic rings.